The minimum absolute atomic E-state index is 0.141. The highest BCUT2D eigenvalue weighted by Gasteiger charge is 2.74. The summed E-state index contributed by atoms with van der Waals surface area (Å²) in [7, 11) is 0. The molecule has 2 rings (SSSR count). The van der Waals surface area contributed by atoms with E-state index in [2.05, 4.69) is 0 Å². The molecule has 0 aromatic heterocycles. The fourth-order valence-corrected chi connectivity index (χ4v) is 3.96. The summed E-state index contributed by atoms with van der Waals surface area (Å²) >= 11 is 0. The molecule has 12 nitrogen and oxygen atoms in total. The van der Waals surface area contributed by atoms with E-state index < -0.39 is 79.9 Å². The van der Waals surface area contributed by atoms with Crippen LogP contribution >= 0.6 is 0 Å². The van der Waals surface area contributed by atoms with E-state index >= 15 is 0 Å². The van der Waals surface area contributed by atoms with Crippen molar-refractivity contribution in [3.05, 3.63) is 0 Å². The quantitative estimate of drug-likeness (QED) is 0.128. The largest absolute Gasteiger partial charge is 0.427 e. The lowest BCUT2D eigenvalue weighted by atomic mass is 9.78. The summed E-state index contributed by atoms with van der Waals surface area (Å²) in [5.41, 5.74) is -2.55. The van der Waals surface area contributed by atoms with Crippen molar-refractivity contribution in [1.29, 1.82) is 0 Å². The number of rotatable bonds is 9. The third-order valence-corrected chi connectivity index (χ3v) is 5.75. The van der Waals surface area contributed by atoms with Crippen molar-refractivity contribution in [2.45, 2.75) is 86.7 Å². The van der Waals surface area contributed by atoms with Crippen LogP contribution in [-0.2, 0) is 19.0 Å². The fraction of sp³-hybridized carbons (Fsp3) is 0.944. The first kappa shape index (κ1) is 25.3. The van der Waals surface area contributed by atoms with Crippen molar-refractivity contribution in [3.8, 4) is 0 Å². The molecule has 9 atom stereocenters. The van der Waals surface area contributed by atoms with Crippen LogP contribution in [0, 0.1) is 0 Å². The summed E-state index contributed by atoms with van der Waals surface area (Å²) < 4.78 is 16.3. The van der Waals surface area contributed by atoms with Gasteiger partial charge in [0.05, 0.1) is 19.8 Å². The first-order valence-corrected chi connectivity index (χ1v) is 9.96. The molecule has 176 valence electrons. The second kappa shape index (κ2) is 10.1. The summed E-state index contributed by atoms with van der Waals surface area (Å²) in [5, 5.41) is 81.2. The second-order valence-corrected chi connectivity index (χ2v) is 7.69. The fourth-order valence-electron chi connectivity index (χ4n) is 3.96. The molecule has 0 aromatic rings. The van der Waals surface area contributed by atoms with Gasteiger partial charge in [-0.2, -0.15) is 0 Å². The highest BCUT2D eigenvalue weighted by molar-refractivity contribution is 5.70. The highest BCUT2D eigenvalue weighted by Crippen LogP contribution is 2.48. The molecule has 2 fully saturated rings. The number of aliphatic hydroxyl groups excluding tert-OH is 8. The molecule has 0 aromatic carbocycles. The smallest absolute Gasteiger partial charge is 0.308 e. The Balaban J connectivity index is 2.54. The Hall–Kier alpha value is -0.930. The van der Waals surface area contributed by atoms with Crippen molar-refractivity contribution in [1.82, 2.24) is 0 Å². The second-order valence-electron chi connectivity index (χ2n) is 7.69. The molecular weight excluding hydrogens is 408 g/mol. The number of esters is 1. The number of unbranched alkanes of at least 4 members (excludes halogenated alkanes) is 2. The number of carbonyl (C=O) groups excluding carboxylic acids is 1. The van der Waals surface area contributed by atoms with E-state index in [1.54, 1.807) is 0 Å². The summed E-state index contributed by atoms with van der Waals surface area (Å²) in [6.45, 7) is -0.957. The molecule has 8 N–H and O–H groups in total. The number of hydrogen-bond donors (Lipinski definition) is 8. The first-order valence-electron chi connectivity index (χ1n) is 9.96. The van der Waals surface area contributed by atoms with Crippen LogP contribution in [0.4, 0.5) is 0 Å². The van der Waals surface area contributed by atoms with Crippen LogP contribution in [0.25, 0.3) is 0 Å². The zero-order chi connectivity index (χ0) is 22.7. The standard InChI is InChI=1S/C18H32O12/c1-2-3-4-5-11(22)30-18(16(27)14(25)12(23)9(6-19)29-18)17(8-21)15(26)13(24)10(7-20)28-17/h9-10,12-16,19-21,23-27H,2-8H2,1H3/t9-,10-,12-,13-,14+,15+,16-,17+,18+/m1/s1. The van der Waals surface area contributed by atoms with Gasteiger partial charge in [0.25, 0.3) is 5.79 Å². The van der Waals surface area contributed by atoms with Gasteiger partial charge in [-0.05, 0) is 6.42 Å². The van der Waals surface area contributed by atoms with Gasteiger partial charge in [0.1, 0.15) is 36.6 Å². The predicted octanol–water partition coefficient (Wildman–Crippen LogP) is -3.88. The van der Waals surface area contributed by atoms with Gasteiger partial charge in [0.15, 0.2) is 11.7 Å². The average molecular weight is 440 g/mol. The van der Waals surface area contributed by atoms with E-state index in [0.29, 0.717) is 12.8 Å². The van der Waals surface area contributed by atoms with Gasteiger partial charge in [0, 0.05) is 6.42 Å². The van der Waals surface area contributed by atoms with Gasteiger partial charge in [-0.25, -0.2) is 0 Å². The number of hydrogen-bond acceptors (Lipinski definition) is 12. The van der Waals surface area contributed by atoms with Crippen molar-refractivity contribution in [2.75, 3.05) is 19.8 Å². The lowest BCUT2D eigenvalue weighted by Gasteiger charge is -2.54. The maximum atomic E-state index is 12.5. The van der Waals surface area contributed by atoms with E-state index in [0.717, 1.165) is 6.42 Å². The van der Waals surface area contributed by atoms with E-state index in [9.17, 15) is 45.6 Å². The van der Waals surface area contributed by atoms with E-state index in [4.69, 9.17) is 14.2 Å². The Kier molecular flexibility index (Phi) is 8.55. The Morgan fingerprint density at radius 2 is 1.47 bits per heavy atom. The Morgan fingerprint density at radius 3 is 1.97 bits per heavy atom. The molecule has 0 amide bonds. The van der Waals surface area contributed by atoms with Crippen molar-refractivity contribution < 1.29 is 59.9 Å². The zero-order valence-corrected chi connectivity index (χ0v) is 16.7. The summed E-state index contributed by atoms with van der Waals surface area (Å²) in [6, 6.07) is 0. The molecule has 2 aliphatic heterocycles. The zero-order valence-electron chi connectivity index (χ0n) is 16.7. The predicted molar refractivity (Wildman–Crippen MR) is 96.7 cm³/mol. The van der Waals surface area contributed by atoms with Crippen LogP contribution < -0.4 is 0 Å². The van der Waals surface area contributed by atoms with Gasteiger partial charge in [-0.15, -0.1) is 0 Å². The van der Waals surface area contributed by atoms with Crippen LogP contribution in [0.3, 0.4) is 0 Å². The van der Waals surface area contributed by atoms with Crippen LogP contribution in [0.1, 0.15) is 32.6 Å². The maximum absolute atomic E-state index is 12.5. The van der Waals surface area contributed by atoms with Crippen LogP contribution in [0.5, 0.6) is 0 Å². The molecule has 0 aliphatic carbocycles. The third kappa shape index (κ3) is 4.09. The molecule has 0 radical (unpaired) electrons. The Morgan fingerprint density at radius 1 is 0.867 bits per heavy atom. The van der Waals surface area contributed by atoms with Gasteiger partial charge < -0.3 is 55.1 Å². The number of aliphatic hydroxyl groups is 8. The summed E-state index contributed by atoms with van der Waals surface area (Å²) in [6.07, 6.45) is -11.2. The summed E-state index contributed by atoms with van der Waals surface area (Å²) in [4.78, 5) is 12.5. The van der Waals surface area contributed by atoms with Crippen LogP contribution in [0.15, 0.2) is 0 Å². The average Bonchev–Trinajstić information content (AvgIpc) is 3.00. The minimum Gasteiger partial charge on any atom is -0.427 e. The number of ether oxygens (including phenoxy) is 3. The van der Waals surface area contributed by atoms with Gasteiger partial charge in [-0.3, -0.25) is 4.79 Å². The van der Waals surface area contributed by atoms with Crippen molar-refractivity contribution in [3.63, 3.8) is 0 Å². The summed E-state index contributed by atoms with van der Waals surface area (Å²) in [5.74, 6) is -3.75. The van der Waals surface area contributed by atoms with Crippen LogP contribution in [0.2, 0.25) is 0 Å². The van der Waals surface area contributed by atoms with Gasteiger partial charge in [-0.1, -0.05) is 19.8 Å². The molecule has 2 heterocycles. The SMILES string of the molecule is CCCCCC(=O)O[C@@]1([C@@]2(CO)O[C@H](CO)[C@@H](O)[C@@H]2O)O[C@H](CO)[C@@H](O)[C@H](O)[C@H]1O. The molecule has 2 aliphatic rings. The minimum atomic E-state index is -2.82. The highest BCUT2D eigenvalue weighted by atomic mass is 16.8. The van der Waals surface area contributed by atoms with E-state index in [1.165, 1.54) is 0 Å². The topological polar surface area (TPSA) is 207 Å². The first-order chi connectivity index (χ1) is 14.2. The Bertz CT molecular complexity index is 573. The molecule has 0 unspecified atom stereocenters. The number of carbonyl (C=O) groups is 1. The Labute approximate surface area is 173 Å². The van der Waals surface area contributed by atoms with E-state index in [1.807, 2.05) is 6.92 Å². The normalized spacial score (nSPS) is 44.2. The van der Waals surface area contributed by atoms with Crippen molar-refractivity contribution in [2.24, 2.45) is 0 Å². The monoisotopic (exact) mass is 440 g/mol. The van der Waals surface area contributed by atoms with Crippen LogP contribution in [-0.4, -0.2) is 121 Å². The molecule has 0 spiro atoms. The lowest BCUT2D eigenvalue weighted by molar-refractivity contribution is -0.415. The van der Waals surface area contributed by atoms with Crippen molar-refractivity contribution >= 4 is 5.97 Å². The third-order valence-electron chi connectivity index (χ3n) is 5.75. The maximum Gasteiger partial charge on any atom is 0.308 e. The lowest BCUT2D eigenvalue weighted by Crippen LogP contribution is -2.78. The van der Waals surface area contributed by atoms with Gasteiger partial charge in [0.2, 0.25) is 0 Å². The molecule has 0 saturated carbocycles. The molecule has 0 bridgehead atoms. The van der Waals surface area contributed by atoms with Gasteiger partial charge >= 0.3 is 5.97 Å². The molecular formula is C18H32O12. The van der Waals surface area contributed by atoms with E-state index in [-0.39, 0.29) is 6.42 Å². The molecule has 30 heavy (non-hydrogen) atoms. The molecule has 12 heteroatoms. The molecule has 2 saturated heterocycles.